The smallest absolute Gasteiger partial charge is 0.277 e. The molecule has 1 rings (SSSR count). The number of nitrogens with two attached hydrogens (primary N) is 1. The Balaban J connectivity index is 0. The number of benzene rings is 1. The zero-order chi connectivity index (χ0) is 14.5. The van der Waals surface area contributed by atoms with Crippen LogP contribution in [0.15, 0.2) is 24.3 Å². The molecule has 0 fully saturated rings. The maximum absolute atomic E-state index is 12.9. The van der Waals surface area contributed by atoms with Gasteiger partial charge in [-0.1, -0.05) is 12.1 Å². The van der Waals surface area contributed by atoms with Gasteiger partial charge in [-0.05, 0) is 31.8 Å². The number of hydrogen-bond acceptors (Lipinski definition) is 3. The first kappa shape index (κ1) is 22.3. The molecule has 1 amide bonds. The van der Waals surface area contributed by atoms with Crippen molar-refractivity contribution in [3.8, 4) is 0 Å². The second-order valence-electron chi connectivity index (χ2n) is 4.68. The topological polar surface area (TPSA) is 58.4 Å². The van der Waals surface area contributed by atoms with Gasteiger partial charge in [-0.25, -0.2) is 8.78 Å². The summed E-state index contributed by atoms with van der Waals surface area (Å²) >= 11 is 0. The van der Waals surface area contributed by atoms with Crippen molar-refractivity contribution in [1.29, 1.82) is 0 Å². The van der Waals surface area contributed by atoms with Crippen LogP contribution in [0.1, 0.15) is 15.9 Å². The molecule has 3 N–H and O–H groups in total. The van der Waals surface area contributed by atoms with Crippen molar-refractivity contribution in [2.75, 3.05) is 27.2 Å². The SMILES string of the molecule is CN(C)Cc1cccc(C(=O)NCC(F)(F)CN)c1.Cl.Cl. The fraction of sp³-hybridized carbons (Fsp3) is 0.462. The molecule has 0 saturated carbocycles. The van der Waals surface area contributed by atoms with Crippen molar-refractivity contribution in [2.24, 2.45) is 5.73 Å². The van der Waals surface area contributed by atoms with Crippen LogP contribution in [0.3, 0.4) is 0 Å². The van der Waals surface area contributed by atoms with Crippen molar-refractivity contribution in [3.63, 3.8) is 0 Å². The first-order valence-corrected chi connectivity index (χ1v) is 5.94. The Morgan fingerprint density at radius 1 is 1.33 bits per heavy atom. The maximum atomic E-state index is 12.9. The standard InChI is InChI=1S/C13H19F2N3O.2ClH/c1-18(2)7-10-4-3-5-11(6-10)12(19)17-9-13(14,15)8-16;;/h3-6H,7-9,16H2,1-2H3,(H,17,19);2*1H. The van der Waals surface area contributed by atoms with E-state index in [0.29, 0.717) is 12.1 Å². The number of alkyl halides is 2. The van der Waals surface area contributed by atoms with Gasteiger partial charge in [-0.3, -0.25) is 4.79 Å². The fourth-order valence-electron chi connectivity index (χ4n) is 1.56. The number of carbonyl (C=O) groups is 1. The lowest BCUT2D eigenvalue weighted by molar-refractivity contribution is 0.0118. The van der Waals surface area contributed by atoms with E-state index in [2.05, 4.69) is 5.32 Å². The summed E-state index contributed by atoms with van der Waals surface area (Å²) in [6.45, 7) is -0.853. The predicted octanol–water partition coefficient (Wildman–Crippen LogP) is 1.92. The molecule has 0 atom stereocenters. The van der Waals surface area contributed by atoms with E-state index >= 15 is 0 Å². The summed E-state index contributed by atoms with van der Waals surface area (Å²) in [4.78, 5) is 13.7. The molecule has 0 aromatic heterocycles. The average molecular weight is 344 g/mol. The van der Waals surface area contributed by atoms with Gasteiger partial charge in [-0.2, -0.15) is 0 Å². The van der Waals surface area contributed by atoms with E-state index in [4.69, 9.17) is 5.73 Å². The minimum atomic E-state index is -3.07. The molecule has 4 nitrogen and oxygen atoms in total. The van der Waals surface area contributed by atoms with Gasteiger partial charge in [0.2, 0.25) is 0 Å². The van der Waals surface area contributed by atoms with Crippen LogP contribution in [0.4, 0.5) is 8.78 Å². The largest absolute Gasteiger partial charge is 0.346 e. The first-order valence-electron chi connectivity index (χ1n) is 5.94. The average Bonchev–Trinajstić information content (AvgIpc) is 2.35. The molecule has 0 aliphatic carbocycles. The third-order valence-corrected chi connectivity index (χ3v) is 2.49. The van der Waals surface area contributed by atoms with Crippen molar-refractivity contribution < 1.29 is 13.6 Å². The summed E-state index contributed by atoms with van der Waals surface area (Å²) in [5.41, 5.74) is 6.22. The van der Waals surface area contributed by atoms with Gasteiger partial charge in [-0.15, -0.1) is 24.8 Å². The third kappa shape index (κ3) is 8.16. The minimum Gasteiger partial charge on any atom is -0.346 e. The Bertz CT molecular complexity index is 445. The number of halogens is 4. The number of hydrogen-bond donors (Lipinski definition) is 2. The molecule has 0 aliphatic rings. The minimum absolute atomic E-state index is 0. The molecule has 21 heavy (non-hydrogen) atoms. The molecule has 0 spiro atoms. The highest BCUT2D eigenvalue weighted by Crippen LogP contribution is 2.10. The highest BCUT2D eigenvalue weighted by atomic mass is 35.5. The molecule has 0 heterocycles. The van der Waals surface area contributed by atoms with Gasteiger partial charge in [0.25, 0.3) is 11.8 Å². The monoisotopic (exact) mass is 343 g/mol. The lowest BCUT2D eigenvalue weighted by Crippen LogP contribution is -2.41. The summed E-state index contributed by atoms with van der Waals surface area (Å²) in [5, 5.41) is 2.19. The zero-order valence-corrected chi connectivity index (χ0v) is 13.6. The molecule has 0 bridgehead atoms. The zero-order valence-electron chi connectivity index (χ0n) is 11.9. The molecule has 0 saturated heterocycles. The lowest BCUT2D eigenvalue weighted by Gasteiger charge is -2.15. The van der Waals surface area contributed by atoms with Crippen LogP contribution in [0.2, 0.25) is 0 Å². The molecule has 1 aromatic rings. The molecular weight excluding hydrogens is 323 g/mol. The number of carbonyl (C=O) groups excluding carboxylic acids is 1. The van der Waals surface area contributed by atoms with E-state index in [1.54, 1.807) is 18.2 Å². The quantitative estimate of drug-likeness (QED) is 0.829. The molecule has 0 aliphatic heterocycles. The second kappa shape index (κ2) is 9.89. The summed E-state index contributed by atoms with van der Waals surface area (Å²) in [7, 11) is 3.82. The molecule has 0 unspecified atom stereocenters. The number of amides is 1. The van der Waals surface area contributed by atoms with Crippen LogP contribution in [0.5, 0.6) is 0 Å². The van der Waals surface area contributed by atoms with E-state index in [0.717, 1.165) is 5.56 Å². The predicted molar refractivity (Wildman–Crippen MR) is 84.7 cm³/mol. The van der Waals surface area contributed by atoms with Gasteiger partial charge in [0.1, 0.15) is 0 Å². The van der Waals surface area contributed by atoms with E-state index < -0.39 is 24.9 Å². The Kier molecular flexibility index (Phi) is 10.5. The molecule has 8 heteroatoms. The lowest BCUT2D eigenvalue weighted by atomic mass is 10.1. The van der Waals surface area contributed by atoms with Crippen molar-refractivity contribution in [3.05, 3.63) is 35.4 Å². The van der Waals surface area contributed by atoms with Gasteiger partial charge >= 0.3 is 0 Å². The van der Waals surface area contributed by atoms with Gasteiger partial charge in [0, 0.05) is 12.1 Å². The van der Waals surface area contributed by atoms with E-state index in [1.165, 1.54) is 0 Å². The normalized spacial score (nSPS) is 10.6. The summed E-state index contributed by atoms with van der Waals surface area (Å²) in [6, 6.07) is 6.89. The van der Waals surface area contributed by atoms with Crippen LogP contribution >= 0.6 is 24.8 Å². The van der Waals surface area contributed by atoms with Gasteiger partial charge in [0.05, 0.1) is 13.1 Å². The van der Waals surface area contributed by atoms with Crippen LogP contribution in [-0.2, 0) is 6.54 Å². The van der Waals surface area contributed by atoms with Crippen molar-refractivity contribution in [2.45, 2.75) is 12.5 Å². The Morgan fingerprint density at radius 3 is 2.48 bits per heavy atom. The second-order valence-corrected chi connectivity index (χ2v) is 4.68. The fourth-order valence-corrected chi connectivity index (χ4v) is 1.56. The summed E-state index contributed by atoms with van der Waals surface area (Å²) < 4.78 is 25.9. The maximum Gasteiger partial charge on any atom is 0.277 e. The highest BCUT2D eigenvalue weighted by Gasteiger charge is 2.27. The molecular formula is C13H21Cl2F2N3O. The van der Waals surface area contributed by atoms with Crippen LogP contribution in [0.25, 0.3) is 0 Å². The van der Waals surface area contributed by atoms with E-state index in [-0.39, 0.29) is 24.8 Å². The van der Waals surface area contributed by atoms with E-state index in [1.807, 2.05) is 25.1 Å². The highest BCUT2D eigenvalue weighted by molar-refractivity contribution is 5.94. The summed E-state index contributed by atoms with van der Waals surface area (Å²) in [6.07, 6.45) is 0. The Hall–Kier alpha value is -0.950. The summed E-state index contributed by atoms with van der Waals surface area (Å²) in [5.74, 6) is -3.59. The number of nitrogens with one attached hydrogen (secondary N) is 1. The van der Waals surface area contributed by atoms with Crippen LogP contribution < -0.4 is 11.1 Å². The third-order valence-electron chi connectivity index (χ3n) is 2.49. The van der Waals surface area contributed by atoms with E-state index in [9.17, 15) is 13.6 Å². The van der Waals surface area contributed by atoms with Crippen LogP contribution in [-0.4, -0.2) is 43.9 Å². The van der Waals surface area contributed by atoms with Crippen molar-refractivity contribution in [1.82, 2.24) is 10.2 Å². The van der Waals surface area contributed by atoms with Crippen molar-refractivity contribution >= 4 is 30.7 Å². The van der Waals surface area contributed by atoms with Crippen LogP contribution in [0, 0.1) is 0 Å². The molecule has 122 valence electrons. The van der Waals surface area contributed by atoms with Gasteiger partial charge < -0.3 is 16.0 Å². The molecule has 1 aromatic carbocycles. The Morgan fingerprint density at radius 2 is 1.95 bits per heavy atom. The van der Waals surface area contributed by atoms with Gasteiger partial charge in [0.15, 0.2) is 0 Å². The molecule has 0 radical (unpaired) electrons. The first-order chi connectivity index (χ1) is 8.84. The Labute approximate surface area is 135 Å². The number of rotatable bonds is 6. The number of nitrogens with zero attached hydrogens (tertiary/aromatic N) is 1.